The average Bonchev–Trinajstić information content (AvgIpc) is 2.95. The number of rotatable bonds is 4. The molecule has 1 atom stereocenters. The van der Waals surface area contributed by atoms with Crippen LogP contribution in [0.25, 0.3) is 5.57 Å². The smallest absolute Gasteiger partial charge is 0.368 e. The van der Waals surface area contributed by atoms with Gasteiger partial charge < -0.3 is 4.74 Å². The summed E-state index contributed by atoms with van der Waals surface area (Å²) in [6, 6.07) is 31.6. The van der Waals surface area contributed by atoms with E-state index in [4.69, 9.17) is 4.74 Å². The first kappa shape index (κ1) is 18.0. The molecule has 1 aliphatic heterocycles. The van der Waals surface area contributed by atoms with Crippen LogP contribution in [0.5, 0.6) is 0 Å². The summed E-state index contributed by atoms with van der Waals surface area (Å²) in [7, 11) is 1.74. The van der Waals surface area contributed by atoms with E-state index in [1.165, 1.54) is 22.3 Å². The Labute approximate surface area is 166 Å². The van der Waals surface area contributed by atoms with Crippen molar-refractivity contribution >= 4 is 11.5 Å². The standard InChI is InChI=1S/C26H24NO/c1-28-26-19-25(23-15-9-4-10-16-23)24(22-13-7-3-8-14-22)17-18-27(26)20-21-11-5-2-6-12-21/h2-19,24H,20H2,1H3/q+1. The van der Waals surface area contributed by atoms with Gasteiger partial charge in [0, 0.05) is 11.5 Å². The van der Waals surface area contributed by atoms with Gasteiger partial charge in [-0.2, -0.15) is 4.58 Å². The lowest BCUT2D eigenvalue weighted by atomic mass is 9.86. The van der Waals surface area contributed by atoms with E-state index in [9.17, 15) is 0 Å². The Bertz CT molecular complexity index is 1000. The highest BCUT2D eigenvalue weighted by Crippen LogP contribution is 2.34. The van der Waals surface area contributed by atoms with Gasteiger partial charge in [-0.25, -0.2) is 0 Å². The van der Waals surface area contributed by atoms with Crippen molar-refractivity contribution in [1.29, 1.82) is 0 Å². The molecule has 0 saturated heterocycles. The molecule has 0 bridgehead atoms. The Morgan fingerprint density at radius 3 is 2.04 bits per heavy atom. The summed E-state index contributed by atoms with van der Waals surface area (Å²) in [5.41, 5.74) is 4.95. The SMILES string of the molecule is COC1=[N+](Cc2ccccc2)C=CC(c2ccccc2)C(c2ccccc2)=C1. The summed E-state index contributed by atoms with van der Waals surface area (Å²) in [6.07, 6.45) is 6.59. The summed E-state index contributed by atoms with van der Waals surface area (Å²) in [6.45, 7) is 0.764. The lowest BCUT2D eigenvalue weighted by molar-refractivity contribution is -0.482. The molecule has 28 heavy (non-hydrogen) atoms. The van der Waals surface area contributed by atoms with Crippen LogP contribution in [-0.2, 0) is 11.3 Å². The second-order valence-corrected chi connectivity index (χ2v) is 6.85. The van der Waals surface area contributed by atoms with E-state index >= 15 is 0 Å². The Morgan fingerprint density at radius 1 is 0.786 bits per heavy atom. The number of hydrogen-bond donors (Lipinski definition) is 0. The zero-order chi connectivity index (χ0) is 19.2. The van der Waals surface area contributed by atoms with E-state index in [0.29, 0.717) is 0 Å². The minimum atomic E-state index is 0.162. The Morgan fingerprint density at radius 2 is 1.39 bits per heavy atom. The number of allylic oxidation sites excluding steroid dienone is 2. The van der Waals surface area contributed by atoms with E-state index < -0.39 is 0 Å². The summed E-state index contributed by atoms with van der Waals surface area (Å²) in [5.74, 6) is 1.01. The van der Waals surface area contributed by atoms with Gasteiger partial charge in [0.05, 0.1) is 13.2 Å². The summed E-state index contributed by atoms with van der Waals surface area (Å²) >= 11 is 0. The molecule has 138 valence electrons. The fourth-order valence-electron chi connectivity index (χ4n) is 3.60. The van der Waals surface area contributed by atoms with Crippen LogP contribution in [0.2, 0.25) is 0 Å². The van der Waals surface area contributed by atoms with E-state index in [-0.39, 0.29) is 5.92 Å². The summed E-state index contributed by atoms with van der Waals surface area (Å²) < 4.78 is 7.97. The van der Waals surface area contributed by atoms with Gasteiger partial charge in [0.2, 0.25) is 0 Å². The van der Waals surface area contributed by atoms with E-state index in [0.717, 1.165) is 12.4 Å². The minimum absolute atomic E-state index is 0.162. The van der Waals surface area contributed by atoms with Crippen molar-refractivity contribution in [3.63, 3.8) is 0 Å². The Kier molecular flexibility index (Phi) is 5.48. The highest BCUT2D eigenvalue weighted by atomic mass is 16.5. The predicted molar refractivity (Wildman–Crippen MR) is 115 cm³/mol. The molecule has 0 fully saturated rings. The zero-order valence-electron chi connectivity index (χ0n) is 16.0. The van der Waals surface area contributed by atoms with Crippen molar-refractivity contribution in [2.45, 2.75) is 12.5 Å². The third-order valence-electron chi connectivity index (χ3n) is 5.03. The molecule has 0 amide bonds. The molecule has 0 saturated carbocycles. The number of ether oxygens (including phenoxy) is 1. The molecule has 1 heterocycles. The van der Waals surface area contributed by atoms with Gasteiger partial charge in [0.15, 0.2) is 12.7 Å². The Hall–Kier alpha value is -3.39. The largest absolute Gasteiger partial charge is 0.448 e. The number of methoxy groups -OCH3 is 1. The molecule has 3 aromatic carbocycles. The first-order valence-electron chi connectivity index (χ1n) is 9.57. The molecule has 0 aromatic heterocycles. The second-order valence-electron chi connectivity index (χ2n) is 6.85. The molecular formula is C26H24NO+. The van der Waals surface area contributed by atoms with Crippen LogP contribution in [0.4, 0.5) is 0 Å². The van der Waals surface area contributed by atoms with Crippen LogP contribution in [0.1, 0.15) is 22.6 Å². The highest BCUT2D eigenvalue weighted by molar-refractivity contribution is 5.94. The molecular weight excluding hydrogens is 342 g/mol. The van der Waals surface area contributed by atoms with Crippen molar-refractivity contribution < 1.29 is 9.31 Å². The molecule has 2 nitrogen and oxygen atoms in total. The summed E-state index contributed by atoms with van der Waals surface area (Å²) in [5, 5.41) is 0. The van der Waals surface area contributed by atoms with Crippen LogP contribution < -0.4 is 0 Å². The van der Waals surface area contributed by atoms with Crippen LogP contribution in [0.3, 0.4) is 0 Å². The van der Waals surface area contributed by atoms with Crippen LogP contribution in [0, 0.1) is 0 Å². The normalized spacial score (nSPS) is 16.5. The summed E-state index contributed by atoms with van der Waals surface area (Å²) in [4.78, 5) is 0. The molecule has 3 aromatic rings. The maximum absolute atomic E-state index is 5.81. The third kappa shape index (κ3) is 3.96. The van der Waals surface area contributed by atoms with Crippen molar-refractivity contribution in [3.05, 3.63) is 126 Å². The maximum Gasteiger partial charge on any atom is 0.368 e. The minimum Gasteiger partial charge on any atom is -0.448 e. The first-order valence-corrected chi connectivity index (χ1v) is 9.57. The van der Waals surface area contributed by atoms with Gasteiger partial charge in [-0.3, -0.25) is 0 Å². The van der Waals surface area contributed by atoms with Gasteiger partial charge in [-0.1, -0.05) is 91.0 Å². The van der Waals surface area contributed by atoms with Crippen molar-refractivity contribution in [2.24, 2.45) is 0 Å². The van der Waals surface area contributed by atoms with Crippen molar-refractivity contribution in [2.75, 3.05) is 7.11 Å². The zero-order valence-corrected chi connectivity index (χ0v) is 16.0. The van der Waals surface area contributed by atoms with E-state index in [2.05, 4.69) is 108 Å². The predicted octanol–water partition coefficient (Wildman–Crippen LogP) is 5.64. The average molecular weight is 366 g/mol. The number of nitrogens with zero attached hydrogens (tertiary/aromatic N) is 1. The van der Waals surface area contributed by atoms with Gasteiger partial charge in [0.1, 0.15) is 0 Å². The number of hydrogen-bond acceptors (Lipinski definition) is 1. The molecule has 1 unspecified atom stereocenters. The molecule has 4 rings (SSSR count). The lowest BCUT2D eigenvalue weighted by Crippen LogP contribution is -2.16. The fraction of sp³-hybridized carbons (Fsp3) is 0.115. The van der Waals surface area contributed by atoms with Crippen molar-refractivity contribution in [3.8, 4) is 0 Å². The fourth-order valence-corrected chi connectivity index (χ4v) is 3.60. The van der Waals surface area contributed by atoms with Crippen molar-refractivity contribution in [1.82, 2.24) is 0 Å². The Balaban J connectivity index is 1.81. The molecule has 0 N–H and O–H groups in total. The quantitative estimate of drug-likeness (QED) is 0.544. The molecule has 0 radical (unpaired) electrons. The van der Waals surface area contributed by atoms with Gasteiger partial charge in [-0.15, -0.1) is 0 Å². The van der Waals surface area contributed by atoms with Gasteiger partial charge in [-0.05, 0) is 22.8 Å². The van der Waals surface area contributed by atoms with Gasteiger partial charge >= 0.3 is 5.90 Å². The monoisotopic (exact) mass is 366 g/mol. The van der Waals surface area contributed by atoms with Crippen LogP contribution >= 0.6 is 0 Å². The van der Waals surface area contributed by atoms with Crippen LogP contribution in [0.15, 0.2) is 109 Å². The topological polar surface area (TPSA) is 12.2 Å². The molecule has 2 heteroatoms. The number of benzene rings is 3. The molecule has 0 spiro atoms. The van der Waals surface area contributed by atoms with E-state index in [1.54, 1.807) is 7.11 Å². The first-order chi connectivity index (χ1) is 13.8. The second kappa shape index (κ2) is 8.53. The highest BCUT2D eigenvalue weighted by Gasteiger charge is 2.24. The third-order valence-corrected chi connectivity index (χ3v) is 5.03. The molecule has 0 aliphatic carbocycles. The molecule has 1 aliphatic rings. The maximum atomic E-state index is 5.81. The lowest BCUT2D eigenvalue weighted by Gasteiger charge is -2.16. The van der Waals surface area contributed by atoms with Gasteiger partial charge in [0.25, 0.3) is 0 Å². The van der Waals surface area contributed by atoms with E-state index in [1.807, 2.05) is 6.07 Å². The van der Waals surface area contributed by atoms with Crippen LogP contribution in [-0.4, -0.2) is 17.6 Å².